The van der Waals surface area contributed by atoms with E-state index < -0.39 is 0 Å². The number of rotatable bonds is 11. The molecule has 0 amide bonds. The first kappa shape index (κ1) is 24.9. The molecule has 10 nitrogen and oxygen atoms in total. The third kappa shape index (κ3) is 5.98. The first-order valence-electron chi connectivity index (χ1n) is 12.5. The zero-order valence-corrected chi connectivity index (χ0v) is 21.2. The summed E-state index contributed by atoms with van der Waals surface area (Å²) in [6.45, 7) is 3.11. The summed E-state index contributed by atoms with van der Waals surface area (Å²) in [5.74, 6) is 1.94. The number of ether oxygens (including phenoxy) is 3. The van der Waals surface area contributed by atoms with Gasteiger partial charge in [-0.15, -0.1) is 5.10 Å². The topological polar surface area (TPSA) is 107 Å². The number of aromatic nitrogens is 5. The fourth-order valence-corrected chi connectivity index (χ4v) is 4.74. The Morgan fingerprint density at radius 2 is 1.92 bits per heavy atom. The zero-order chi connectivity index (χ0) is 25.6. The van der Waals surface area contributed by atoms with E-state index in [2.05, 4.69) is 37.5 Å². The van der Waals surface area contributed by atoms with Gasteiger partial charge in [0.1, 0.15) is 0 Å². The lowest BCUT2D eigenvalue weighted by Gasteiger charge is -2.22. The Bertz CT molecular complexity index is 1380. The maximum Gasteiger partial charge on any atom is 0.252 e. The smallest absolute Gasteiger partial charge is 0.252 e. The molecular formula is C27H32N6O4. The van der Waals surface area contributed by atoms with Crippen LogP contribution in [-0.4, -0.2) is 63.6 Å². The number of fused-ring (bicyclic) bond motifs is 1. The van der Waals surface area contributed by atoms with Gasteiger partial charge in [-0.25, -0.2) is 4.68 Å². The fraction of sp³-hybridized carbons (Fsp3) is 0.407. The van der Waals surface area contributed by atoms with Gasteiger partial charge < -0.3 is 19.2 Å². The van der Waals surface area contributed by atoms with Crippen LogP contribution < -0.4 is 15.0 Å². The summed E-state index contributed by atoms with van der Waals surface area (Å²) in [5, 5.41) is 13.3. The van der Waals surface area contributed by atoms with Crippen LogP contribution in [0.1, 0.15) is 29.8 Å². The van der Waals surface area contributed by atoms with Crippen molar-refractivity contribution < 1.29 is 14.2 Å². The van der Waals surface area contributed by atoms with E-state index in [1.165, 1.54) is 5.56 Å². The summed E-state index contributed by atoms with van der Waals surface area (Å²) in [5.41, 5.74) is 2.45. The third-order valence-corrected chi connectivity index (χ3v) is 6.75. The van der Waals surface area contributed by atoms with Gasteiger partial charge in [0.05, 0.1) is 38.9 Å². The highest BCUT2D eigenvalue weighted by molar-refractivity contribution is 5.83. The fourth-order valence-electron chi connectivity index (χ4n) is 4.74. The predicted molar refractivity (Wildman–Crippen MR) is 139 cm³/mol. The highest BCUT2D eigenvalue weighted by atomic mass is 16.5. The molecule has 4 aromatic rings. The second kappa shape index (κ2) is 11.5. The molecule has 3 heterocycles. The summed E-state index contributed by atoms with van der Waals surface area (Å²) in [7, 11) is 3.18. The van der Waals surface area contributed by atoms with E-state index in [0.29, 0.717) is 42.2 Å². The number of aromatic amines is 1. The Morgan fingerprint density at radius 3 is 2.68 bits per heavy atom. The SMILES string of the molecule is COc1cc2cc(CN(CCc3ccccc3)Cc3nnnn3CC3CCCO3)c(=O)[nH]c2cc1OC. The Labute approximate surface area is 215 Å². The molecule has 2 aromatic carbocycles. The van der Waals surface area contributed by atoms with Gasteiger partial charge in [-0.05, 0) is 47.4 Å². The number of nitrogens with one attached hydrogen (secondary N) is 1. The van der Waals surface area contributed by atoms with E-state index >= 15 is 0 Å². The molecule has 0 aliphatic carbocycles. The van der Waals surface area contributed by atoms with Crippen molar-refractivity contribution in [2.45, 2.75) is 45.0 Å². The normalized spacial score (nSPS) is 15.5. The Balaban J connectivity index is 1.41. The molecule has 1 aliphatic heterocycles. The average Bonchev–Trinajstić information content (AvgIpc) is 3.60. The predicted octanol–water partition coefficient (Wildman–Crippen LogP) is 2.96. The molecule has 37 heavy (non-hydrogen) atoms. The molecule has 10 heteroatoms. The van der Waals surface area contributed by atoms with Crippen LogP contribution in [0.2, 0.25) is 0 Å². The van der Waals surface area contributed by atoms with Gasteiger partial charge in [-0.1, -0.05) is 30.3 Å². The monoisotopic (exact) mass is 504 g/mol. The van der Waals surface area contributed by atoms with Crippen molar-refractivity contribution in [1.82, 2.24) is 30.1 Å². The Kier molecular flexibility index (Phi) is 7.76. The van der Waals surface area contributed by atoms with Crippen molar-refractivity contribution in [2.75, 3.05) is 27.4 Å². The Hall–Kier alpha value is -3.76. The first-order valence-corrected chi connectivity index (χ1v) is 12.5. The van der Waals surface area contributed by atoms with E-state index in [1.807, 2.05) is 35.0 Å². The van der Waals surface area contributed by atoms with E-state index in [1.54, 1.807) is 20.3 Å². The number of H-pyrrole nitrogens is 1. The van der Waals surface area contributed by atoms with Gasteiger partial charge in [0.15, 0.2) is 17.3 Å². The minimum atomic E-state index is -0.136. The number of pyridine rings is 1. The number of benzene rings is 2. The standard InChI is InChI=1S/C27H32N6O4/c1-35-24-14-20-13-21(27(34)28-23(20)15-25(24)36-2)16-32(11-10-19-7-4-3-5-8-19)18-26-29-30-31-33(26)17-22-9-6-12-37-22/h3-5,7-8,13-15,22H,6,9-12,16-18H2,1-2H3,(H,28,34). The van der Waals surface area contributed by atoms with Crippen molar-refractivity contribution in [2.24, 2.45) is 0 Å². The van der Waals surface area contributed by atoms with Gasteiger partial charge >= 0.3 is 0 Å². The molecule has 2 aromatic heterocycles. The first-order chi connectivity index (χ1) is 18.1. The second-order valence-corrected chi connectivity index (χ2v) is 9.28. The molecule has 1 saturated heterocycles. The number of nitrogens with zero attached hydrogens (tertiary/aromatic N) is 5. The van der Waals surface area contributed by atoms with Crippen LogP contribution in [-0.2, 0) is 30.8 Å². The van der Waals surface area contributed by atoms with Crippen LogP contribution in [0.4, 0.5) is 0 Å². The van der Waals surface area contributed by atoms with Gasteiger partial charge in [0.25, 0.3) is 5.56 Å². The highest BCUT2D eigenvalue weighted by Gasteiger charge is 2.21. The minimum absolute atomic E-state index is 0.135. The highest BCUT2D eigenvalue weighted by Crippen LogP contribution is 2.31. The molecular weight excluding hydrogens is 472 g/mol. The molecule has 5 rings (SSSR count). The van der Waals surface area contributed by atoms with Crippen molar-refractivity contribution in [3.05, 3.63) is 75.8 Å². The third-order valence-electron chi connectivity index (χ3n) is 6.75. The Morgan fingerprint density at radius 1 is 1.11 bits per heavy atom. The van der Waals surface area contributed by atoms with Crippen molar-refractivity contribution in [1.29, 1.82) is 0 Å². The van der Waals surface area contributed by atoms with Crippen LogP contribution in [0.15, 0.2) is 53.3 Å². The van der Waals surface area contributed by atoms with Gasteiger partial charge in [0.2, 0.25) is 0 Å². The second-order valence-electron chi connectivity index (χ2n) is 9.28. The molecule has 194 valence electrons. The van der Waals surface area contributed by atoms with E-state index in [4.69, 9.17) is 14.2 Å². The summed E-state index contributed by atoms with van der Waals surface area (Å²) in [6, 6.07) is 15.9. The van der Waals surface area contributed by atoms with Crippen molar-refractivity contribution in [3.63, 3.8) is 0 Å². The molecule has 1 atom stereocenters. The maximum absolute atomic E-state index is 13.1. The summed E-state index contributed by atoms with van der Waals surface area (Å²) in [4.78, 5) is 18.3. The van der Waals surface area contributed by atoms with Crippen molar-refractivity contribution >= 4 is 10.9 Å². The molecule has 0 bridgehead atoms. The van der Waals surface area contributed by atoms with Gasteiger partial charge in [-0.2, -0.15) is 0 Å². The van der Waals surface area contributed by atoms with E-state index in [-0.39, 0.29) is 11.7 Å². The van der Waals surface area contributed by atoms with Crippen LogP contribution in [0.3, 0.4) is 0 Å². The summed E-state index contributed by atoms with van der Waals surface area (Å²) >= 11 is 0. The summed E-state index contributed by atoms with van der Waals surface area (Å²) < 4.78 is 18.5. The van der Waals surface area contributed by atoms with E-state index in [9.17, 15) is 4.79 Å². The van der Waals surface area contributed by atoms with Crippen LogP contribution in [0.5, 0.6) is 11.5 Å². The van der Waals surface area contributed by atoms with E-state index in [0.717, 1.165) is 43.6 Å². The minimum Gasteiger partial charge on any atom is -0.493 e. The summed E-state index contributed by atoms with van der Waals surface area (Å²) in [6.07, 6.45) is 3.05. The van der Waals surface area contributed by atoms with Crippen molar-refractivity contribution in [3.8, 4) is 11.5 Å². The number of hydrogen-bond acceptors (Lipinski definition) is 8. The average molecular weight is 505 g/mol. The lowest BCUT2D eigenvalue weighted by atomic mass is 10.1. The van der Waals surface area contributed by atoms with Crippen LogP contribution >= 0.6 is 0 Å². The molecule has 1 unspecified atom stereocenters. The molecule has 0 radical (unpaired) electrons. The lowest BCUT2D eigenvalue weighted by molar-refractivity contribution is 0.0916. The molecule has 1 fully saturated rings. The number of tetrazole rings is 1. The number of methoxy groups -OCH3 is 2. The molecule has 1 aliphatic rings. The largest absolute Gasteiger partial charge is 0.493 e. The molecule has 0 saturated carbocycles. The van der Waals surface area contributed by atoms with Crippen LogP contribution in [0.25, 0.3) is 10.9 Å². The van der Waals surface area contributed by atoms with Gasteiger partial charge in [-0.3, -0.25) is 9.69 Å². The number of hydrogen-bond donors (Lipinski definition) is 1. The lowest BCUT2D eigenvalue weighted by Crippen LogP contribution is -2.30. The zero-order valence-electron chi connectivity index (χ0n) is 21.2. The quantitative estimate of drug-likeness (QED) is 0.332. The molecule has 1 N–H and O–H groups in total. The van der Waals surface area contributed by atoms with Crippen LogP contribution in [0, 0.1) is 0 Å². The maximum atomic E-state index is 13.1. The molecule has 0 spiro atoms. The van der Waals surface area contributed by atoms with Gasteiger partial charge in [0, 0.05) is 36.7 Å².